The Morgan fingerprint density at radius 1 is 1.25 bits per heavy atom. The maximum Gasteiger partial charge on any atom is 0.416 e. The monoisotopic (exact) mass is 230 g/mol. The molecule has 0 saturated carbocycles. The quantitative estimate of drug-likeness (QED) is 0.604. The largest absolute Gasteiger partial charge is 0.416 e. The van der Waals surface area contributed by atoms with Gasteiger partial charge in [-0.25, -0.2) is 4.98 Å². The Bertz CT molecular complexity index is 559. The Balaban J connectivity index is 2.58. The predicted octanol–water partition coefficient (Wildman–Crippen LogP) is 3.09. The highest BCUT2D eigenvalue weighted by Gasteiger charge is 2.31. The van der Waals surface area contributed by atoms with Crippen LogP contribution in [0.2, 0.25) is 0 Å². The van der Waals surface area contributed by atoms with E-state index in [1.165, 1.54) is 12.1 Å². The summed E-state index contributed by atoms with van der Waals surface area (Å²) in [4.78, 5) is 12.0. The maximum atomic E-state index is 12.3. The molecule has 1 N–H and O–H groups in total. The summed E-state index contributed by atoms with van der Waals surface area (Å²) in [7, 11) is 0. The van der Waals surface area contributed by atoms with Crippen LogP contribution in [0.25, 0.3) is 10.9 Å². The van der Waals surface area contributed by atoms with E-state index in [0.717, 1.165) is 12.1 Å². The number of H-pyrrole nitrogens is 1. The third-order valence-electron chi connectivity index (χ3n) is 2.13. The van der Waals surface area contributed by atoms with E-state index in [4.69, 9.17) is 0 Å². The van der Waals surface area contributed by atoms with Crippen LogP contribution in [0.5, 0.6) is 0 Å². The van der Waals surface area contributed by atoms with E-state index in [0.29, 0.717) is 5.39 Å². The van der Waals surface area contributed by atoms with Crippen LogP contribution in [0, 0.1) is 10.1 Å². The highest BCUT2D eigenvalue weighted by atomic mass is 19.4. The minimum atomic E-state index is -4.45. The minimum Gasteiger partial charge on any atom is -0.358 e. The molecular formula is C9H5F3N2O2. The molecule has 16 heavy (non-hydrogen) atoms. The average molecular weight is 230 g/mol. The molecule has 0 atom stereocenters. The van der Waals surface area contributed by atoms with Gasteiger partial charge in [0.25, 0.3) is 0 Å². The number of nitrogens with zero attached hydrogens (tertiary/aromatic N) is 1. The van der Waals surface area contributed by atoms with Gasteiger partial charge in [0.15, 0.2) is 0 Å². The SMILES string of the molecule is O=[N+]([O-])c1cc2ccc(C(F)(F)F)cc2[nH]1. The van der Waals surface area contributed by atoms with Crippen molar-refractivity contribution in [3.05, 3.63) is 39.9 Å². The molecule has 0 saturated heterocycles. The number of hydrogen-bond donors (Lipinski definition) is 1. The first-order chi connectivity index (χ1) is 7.38. The third-order valence-corrected chi connectivity index (χ3v) is 2.13. The normalized spacial score (nSPS) is 11.9. The number of alkyl halides is 3. The molecule has 1 aromatic carbocycles. The first-order valence-corrected chi connectivity index (χ1v) is 4.22. The van der Waals surface area contributed by atoms with Crippen molar-refractivity contribution in [2.45, 2.75) is 6.18 Å². The molecule has 84 valence electrons. The lowest BCUT2D eigenvalue weighted by Gasteiger charge is -2.04. The van der Waals surface area contributed by atoms with Crippen LogP contribution in [-0.2, 0) is 6.18 Å². The molecule has 0 bridgehead atoms. The molecular weight excluding hydrogens is 225 g/mol. The van der Waals surface area contributed by atoms with E-state index in [2.05, 4.69) is 4.98 Å². The molecule has 0 spiro atoms. The topological polar surface area (TPSA) is 58.9 Å². The molecule has 2 rings (SSSR count). The molecule has 1 aromatic heterocycles. The smallest absolute Gasteiger partial charge is 0.358 e. The van der Waals surface area contributed by atoms with Gasteiger partial charge in [-0.3, -0.25) is 0 Å². The highest BCUT2D eigenvalue weighted by molar-refractivity contribution is 5.83. The Labute approximate surface area is 86.8 Å². The van der Waals surface area contributed by atoms with Gasteiger partial charge in [0.1, 0.15) is 5.52 Å². The maximum absolute atomic E-state index is 12.3. The van der Waals surface area contributed by atoms with Crippen LogP contribution in [0.3, 0.4) is 0 Å². The van der Waals surface area contributed by atoms with E-state index < -0.39 is 16.7 Å². The first-order valence-electron chi connectivity index (χ1n) is 4.22. The zero-order chi connectivity index (χ0) is 11.9. The van der Waals surface area contributed by atoms with Gasteiger partial charge in [0, 0.05) is 11.5 Å². The highest BCUT2D eigenvalue weighted by Crippen LogP contribution is 2.32. The first kappa shape index (κ1) is 10.5. The van der Waals surface area contributed by atoms with E-state index >= 15 is 0 Å². The number of hydrogen-bond acceptors (Lipinski definition) is 2. The van der Waals surface area contributed by atoms with Gasteiger partial charge in [-0.1, -0.05) is 0 Å². The summed E-state index contributed by atoms with van der Waals surface area (Å²) in [6.07, 6.45) is -4.45. The van der Waals surface area contributed by atoms with Crippen molar-refractivity contribution < 1.29 is 18.1 Å². The van der Waals surface area contributed by atoms with Gasteiger partial charge in [0.05, 0.1) is 5.56 Å². The lowest BCUT2D eigenvalue weighted by Crippen LogP contribution is -2.03. The second kappa shape index (κ2) is 3.22. The van der Waals surface area contributed by atoms with Gasteiger partial charge in [0.2, 0.25) is 0 Å². The molecule has 0 radical (unpaired) electrons. The fourth-order valence-electron chi connectivity index (χ4n) is 1.39. The Hall–Kier alpha value is -2.05. The van der Waals surface area contributed by atoms with Crippen LogP contribution < -0.4 is 0 Å². The molecule has 0 amide bonds. The van der Waals surface area contributed by atoms with Crippen molar-refractivity contribution in [1.82, 2.24) is 4.98 Å². The summed E-state index contributed by atoms with van der Waals surface area (Å²) in [5.74, 6) is -0.325. The minimum absolute atomic E-state index is 0.0986. The van der Waals surface area contributed by atoms with E-state index in [9.17, 15) is 23.3 Å². The lowest BCUT2D eigenvalue weighted by molar-refractivity contribution is -0.389. The standard InChI is InChI=1S/C9H5F3N2O2/c10-9(11,12)6-2-1-5-3-8(14(15)16)13-7(5)4-6/h1-4,13H. The Morgan fingerprint density at radius 3 is 2.50 bits per heavy atom. The summed E-state index contributed by atoms with van der Waals surface area (Å²) >= 11 is 0. The number of fused-ring (bicyclic) bond motifs is 1. The molecule has 2 aromatic rings. The fraction of sp³-hybridized carbons (Fsp3) is 0.111. The zero-order valence-corrected chi connectivity index (χ0v) is 7.71. The molecule has 4 nitrogen and oxygen atoms in total. The number of nitrogens with one attached hydrogen (secondary N) is 1. The van der Waals surface area contributed by atoms with Crippen LogP contribution in [-0.4, -0.2) is 9.91 Å². The van der Waals surface area contributed by atoms with Gasteiger partial charge in [-0.05, 0) is 23.1 Å². The molecule has 0 fully saturated rings. The van der Waals surface area contributed by atoms with Gasteiger partial charge < -0.3 is 10.1 Å². The summed E-state index contributed by atoms with van der Waals surface area (Å²) in [5.41, 5.74) is -0.738. The number of aromatic nitrogens is 1. The Kier molecular flexibility index (Phi) is 2.11. The molecule has 0 unspecified atom stereocenters. The lowest BCUT2D eigenvalue weighted by atomic mass is 10.1. The van der Waals surface area contributed by atoms with Crippen LogP contribution in [0.1, 0.15) is 5.56 Å². The van der Waals surface area contributed by atoms with Crippen LogP contribution in [0.15, 0.2) is 24.3 Å². The van der Waals surface area contributed by atoms with Crippen molar-refractivity contribution in [2.75, 3.05) is 0 Å². The molecule has 0 aliphatic carbocycles. The summed E-state index contributed by atoms with van der Waals surface area (Å²) in [6.45, 7) is 0. The number of halogens is 3. The summed E-state index contributed by atoms with van der Waals surface area (Å²) in [5, 5.41) is 10.8. The van der Waals surface area contributed by atoms with Crippen molar-refractivity contribution >= 4 is 16.7 Å². The molecule has 0 aliphatic rings. The average Bonchev–Trinajstić information content (AvgIpc) is 2.58. The van der Waals surface area contributed by atoms with Crippen molar-refractivity contribution in [2.24, 2.45) is 0 Å². The fourth-order valence-corrected chi connectivity index (χ4v) is 1.39. The van der Waals surface area contributed by atoms with E-state index in [1.807, 2.05) is 0 Å². The van der Waals surface area contributed by atoms with E-state index in [1.54, 1.807) is 0 Å². The van der Waals surface area contributed by atoms with E-state index in [-0.39, 0.29) is 11.3 Å². The molecule has 0 aliphatic heterocycles. The van der Waals surface area contributed by atoms with Crippen molar-refractivity contribution in [3.63, 3.8) is 0 Å². The number of aromatic amines is 1. The van der Waals surface area contributed by atoms with Gasteiger partial charge in [-0.2, -0.15) is 13.2 Å². The van der Waals surface area contributed by atoms with Crippen molar-refractivity contribution in [1.29, 1.82) is 0 Å². The number of benzene rings is 1. The van der Waals surface area contributed by atoms with Crippen molar-refractivity contribution in [3.8, 4) is 0 Å². The predicted molar refractivity (Wildman–Crippen MR) is 50.0 cm³/mol. The van der Waals surface area contributed by atoms with Crippen LogP contribution >= 0.6 is 0 Å². The van der Waals surface area contributed by atoms with Gasteiger partial charge >= 0.3 is 12.0 Å². The molecule has 1 heterocycles. The summed E-state index contributed by atoms with van der Waals surface area (Å²) < 4.78 is 37.0. The summed E-state index contributed by atoms with van der Waals surface area (Å²) in [6, 6.07) is 4.12. The zero-order valence-electron chi connectivity index (χ0n) is 7.71. The number of rotatable bonds is 1. The Morgan fingerprint density at radius 2 is 1.94 bits per heavy atom. The second-order valence-electron chi connectivity index (χ2n) is 3.21. The van der Waals surface area contributed by atoms with Crippen LogP contribution in [0.4, 0.5) is 19.0 Å². The molecule has 7 heteroatoms. The third kappa shape index (κ3) is 1.71. The number of nitro groups is 1. The second-order valence-corrected chi connectivity index (χ2v) is 3.21. The van der Waals surface area contributed by atoms with Gasteiger partial charge in [-0.15, -0.1) is 0 Å².